The quantitative estimate of drug-likeness (QED) is 0.660. The molecule has 2 rings (SSSR count). The maximum atomic E-state index is 12.3. The van der Waals surface area contributed by atoms with Gasteiger partial charge in [-0.2, -0.15) is 0 Å². The van der Waals surface area contributed by atoms with E-state index in [1.807, 2.05) is 0 Å². The summed E-state index contributed by atoms with van der Waals surface area (Å²) in [4.78, 5) is 22.8. The Hall–Kier alpha value is -1.95. The average molecular weight is 291 g/mol. The van der Waals surface area contributed by atoms with E-state index < -0.39 is 4.92 Å². The van der Waals surface area contributed by atoms with Gasteiger partial charge in [-0.1, -0.05) is 0 Å². The first kappa shape index (κ1) is 15.4. The second-order valence-electron chi connectivity index (χ2n) is 5.81. The molecule has 0 heterocycles. The van der Waals surface area contributed by atoms with Crippen LogP contribution in [0.4, 0.5) is 11.4 Å². The van der Waals surface area contributed by atoms with Crippen LogP contribution in [0, 0.1) is 29.9 Å². The Balaban J connectivity index is 2.11. The van der Waals surface area contributed by atoms with Crippen LogP contribution >= 0.6 is 0 Å². The van der Waals surface area contributed by atoms with Crippen molar-refractivity contribution in [3.05, 3.63) is 33.4 Å². The molecule has 1 aliphatic carbocycles. The lowest BCUT2D eigenvalue weighted by Gasteiger charge is -2.25. The van der Waals surface area contributed by atoms with E-state index in [1.165, 1.54) is 6.07 Å². The van der Waals surface area contributed by atoms with Crippen LogP contribution in [-0.2, 0) is 4.79 Å². The third-order valence-electron chi connectivity index (χ3n) is 4.14. The Bertz CT molecular complexity index is 564. The molecule has 1 amide bonds. The maximum absolute atomic E-state index is 12.3. The van der Waals surface area contributed by atoms with Crippen LogP contribution in [0.2, 0.25) is 0 Å². The topological polar surface area (TPSA) is 98.3 Å². The number of nitro benzene ring substituents is 1. The average Bonchev–Trinajstić information content (AvgIpc) is 2.42. The zero-order chi connectivity index (χ0) is 15.6. The predicted octanol–water partition coefficient (Wildman–Crippen LogP) is 2.67. The smallest absolute Gasteiger partial charge is 0.272 e. The van der Waals surface area contributed by atoms with Crippen molar-refractivity contribution < 1.29 is 9.72 Å². The SMILES string of the molecule is Cc1cc([N+](=O)[O-])c(C)cc1NC(=O)C1CCC(N)CC1. The van der Waals surface area contributed by atoms with Gasteiger partial charge in [-0.3, -0.25) is 14.9 Å². The summed E-state index contributed by atoms with van der Waals surface area (Å²) in [6.07, 6.45) is 3.35. The highest BCUT2D eigenvalue weighted by molar-refractivity contribution is 5.93. The van der Waals surface area contributed by atoms with E-state index in [0.29, 0.717) is 16.8 Å². The molecule has 0 saturated heterocycles. The van der Waals surface area contributed by atoms with Gasteiger partial charge in [0.1, 0.15) is 0 Å². The third-order valence-corrected chi connectivity index (χ3v) is 4.14. The van der Waals surface area contributed by atoms with Gasteiger partial charge in [0.25, 0.3) is 5.69 Å². The van der Waals surface area contributed by atoms with Crippen molar-refractivity contribution in [2.75, 3.05) is 5.32 Å². The van der Waals surface area contributed by atoms with E-state index in [4.69, 9.17) is 5.73 Å². The molecule has 0 bridgehead atoms. The molecule has 6 nitrogen and oxygen atoms in total. The minimum atomic E-state index is -0.406. The van der Waals surface area contributed by atoms with Gasteiger partial charge in [0, 0.05) is 29.3 Å². The first-order chi connectivity index (χ1) is 9.88. The number of nitrogens with two attached hydrogens (primary N) is 1. The van der Waals surface area contributed by atoms with Crippen LogP contribution in [-0.4, -0.2) is 16.9 Å². The van der Waals surface area contributed by atoms with Crippen LogP contribution < -0.4 is 11.1 Å². The Morgan fingerprint density at radius 3 is 2.43 bits per heavy atom. The number of hydrogen-bond donors (Lipinski definition) is 2. The number of amides is 1. The van der Waals surface area contributed by atoms with Gasteiger partial charge in [-0.05, 0) is 51.2 Å². The standard InChI is InChI=1S/C15H21N3O3/c1-9-8-14(18(20)21)10(2)7-13(9)17-15(19)11-3-5-12(16)6-4-11/h7-8,11-12H,3-6,16H2,1-2H3,(H,17,19). The van der Waals surface area contributed by atoms with Crippen LogP contribution in [0.15, 0.2) is 12.1 Å². The second-order valence-corrected chi connectivity index (χ2v) is 5.81. The van der Waals surface area contributed by atoms with E-state index >= 15 is 0 Å². The molecule has 0 unspecified atom stereocenters. The largest absolute Gasteiger partial charge is 0.328 e. The number of anilines is 1. The van der Waals surface area contributed by atoms with Crippen molar-refractivity contribution in [1.82, 2.24) is 0 Å². The number of nitrogens with one attached hydrogen (secondary N) is 1. The van der Waals surface area contributed by atoms with Gasteiger partial charge < -0.3 is 11.1 Å². The number of carbonyl (C=O) groups excluding carboxylic acids is 1. The molecule has 0 radical (unpaired) electrons. The fourth-order valence-corrected chi connectivity index (χ4v) is 2.75. The van der Waals surface area contributed by atoms with E-state index in [0.717, 1.165) is 25.7 Å². The van der Waals surface area contributed by atoms with Gasteiger partial charge in [-0.15, -0.1) is 0 Å². The van der Waals surface area contributed by atoms with Gasteiger partial charge in [0.05, 0.1) is 4.92 Å². The number of benzene rings is 1. The summed E-state index contributed by atoms with van der Waals surface area (Å²) in [6.45, 7) is 3.44. The monoisotopic (exact) mass is 291 g/mol. The maximum Gasteiger partial charge on any atom is 0.272 e. The molecule has 0 spiro atoms. The Kier molecular flexibility index (Phi) is 4.57. The van der Waals surface area contributed by atoms with Crippen molar-refractivity contribution in [2.45, 2.75) is 45.6 Å². The number of carbonyl (C=O) groups is 1. The summed E-state index contributed by atoms with van der Waals surface area (Å²) in [5.74, 6) is -0.0297. The van der Waals surface area contributed by atoms with Crippen LogP contribution in [0.1, 0.15) is 36.8 Å². The molecule has 1 aromatic rings. The first-order valence-corrected chi connectivity index (χ1v) is 7.20. The summed E-state index contributed by atoms with van der Waals surface area (Å²) in [7, 11) is 0. The van der Waals surface area contributed by atoms with Gasteiger partial charge in [0.15, 0.2) is 0 Å². The molecule has 6 heteroatoms. The molecule has 0 aromatic heterocycles. The number of rotatable bonds is 3. The molecule has 1 saturated carbocycles. The van der Waals surface area contributed by atoms with Crippen molar-refractivity contribution in [2.24, 2.45) is 11.7 Å². The first-order valence-electron chi connectivity index (χ1n) is 7.20. The molecule has 1 fully saturated rings. The normalized spacial score (nSPS) is 21.9. The number of nitro groups is 1. The van der Waals surface area contributed by atoms with Crippen LogP contribution in [0.25, 0.3) is 0 Å². The predicted molar refractivity (Wildman–Crippen MR) is 81.1 cm³/mol. The molecular weight excluding hydrogens is 270 g/mol. The second kappa shape index (κ2) is 6.22. The van der Waals surface area contributed by atoms with Gasteiger partial charge in [0.2, 0.25) is 5.91 Å². The highest BCUT2D eigenvalue weighted by Crippen LogP contribution is 2.28. The lowest BCUT2D eigenvalue weighted by molar-refractivity contribution is -0.385. The van der Waals surface area contributed by atoms with Crippen LogP contribution in [0.5, 0.6) is 0 Å². The summed E-state index contributed by atoms with van der Waals surface area (Å²) in [5.41, 5.74) is 7.82. The number of aryl methyl sites for hydroxylation is 2. The van der Waals surface area contributed by atoms with Crippen molar-refractivity contribution in [3.8, 4) is 0 Å². The molecule has 3 N–H and O–H groups in total. The van der Waals surface area contributed by atoms with Gasteiger partial charge in [-0.25, -0.2) is 0 Å². The summed E-state index contributed by atoms with van der Waals surface area (Å²) < 4.78 is 0. The lowest BCUT2D eigenvalue weighted by atomic mass is 9.86. The summed E-state index contributed by atoms with van der Waals surface area (Å²) in [6, 6.07) is 3.37. The van der Waals surface area contributed by atoms with Crippen molar-refractivity contribution in [1.29, 1.82) is 0 Å². The Morgan fingerprint density at radius 1 is 1.24 bits per heavy atom. The zero-order valence-electron chi connectivity index (χ0n) is 12.4. The fourth-order valence-electron chi connectivity index (χ4n) is 2.75. The minimum Gasteiger partial charge on any atom is -0.328 e. The van der Waals surface area contributed by atoms with E-state index in [9.17, 15) is 14.9 Å². The summed E-state index contributed by atoms with van der Waals surface area (Å²) in [5, 5.41) is 13.8. The van der Waals surface area contributed by atoms with E-state index in [1.54, 1.807) is 19.9 Å². The highest BCUT2D eigenvalue weighted by Gasteiger charge is 2.25. The van der Waals surface area contributed by atoms with E-state index in [2.05, 4.69) is 5.32 Å². The minimum absolute atomic E-state index is 0.0142. The molecule has 114 valence electrons. The molecule has 21 heavy (non-hydrogen) atoms. The van der Waals surface area contributed by atoms with Gasteiger partial charge >= 0.3 is 0 Å². The molecule has 0 atom stereocenters. The highest BCUT2D eigenvalue weighted by atomic mass is 16.6. The number of hydrogen-bond acceptors (Lipinski definition) is 4. The molecule has 1 aliphatic rings. The van der Waals surface area contributed by atoms with Crippen molar-refractivity contribution in [3.63, 3.8) is 0 Å². The van der Waals surface area contributed by atoms with Crippen LogP contribution in [0.3, 0.4) is 0 Å². The third kappa shape index (κ3) is 3.58. The van der Waals surface area contributed by atoms with Crippen molar-refractivity contribution >= 4 is 17.3 Å². The lowest BCUT2D eigenvalue weighted by Crippen LogP contribution is -2.32. The Labute approximate surface area is 123 Å². The zero-order valence-corrected chi connectivity index (χ0v) is 12.4. The molecule has 0 aliphatic heterocycles. The molecule has 1 aromatic carbocycles. The Morgan fingerprint density at radius 2 is 1.86 bits per heavy atom. The molecular formula is C15H21N3O3. The van der Waals surface area contributed by atoms with E-state index in [-0.39, 0.29) is 23.6 Å². The fraction of sp³-hybridized carbons (Fsp3) is 0.533. The number of nitrogens with zero attached hydrogens (tertiary/aromatic N) is 1. The summed E-state index contributed by atoms with van der Waals surface area (Å²) >= 11 is 0.